The van der Waals surface area contributed by atoms with Crippen LogP contribution in [0.15, 0.2) is 12.1 Å². The quantitative estimate of drug-likeness (QED) is 0.463. The van der Waals surface area contributed by atoms with Crippen molar-refractivity contribution >= 4 is 18.4 Å². The predicted octanol–water partition coefficient (Wildman–Crippen LogP) is 1.45. The number of aromatic nitrogens is 1. The maximum atomic E-state index is 10.7. The fraction of sp³-hybridized carbons (Fsp3) is 0.333. The van der Waals surface area contributed by atoms with Gasteiger partial charge < -0.3 is 9.57 Å². The lowest BCUT2D eigenvalue weighted by Gasteiger charge is -2.06. The number of pyridine rings is 1. The summed E-state index contributed by atoms with van der Waals surface area (Å²) < 4.78 is 4.85. The summed E-state index contributed by atoms with van der Waals surface area (Å²) in [5.74, 6) is -0.114. The van der Waals surface area contributed by atoms with Crippen LogP contribution in [0.1, 0.15) is 18.3 Å². The van der Waals surface area contributed by atoms with Gasteiger partial charge in [-0.15, -0.1) is 22.5 Å². The van der Waals surface area contributed by atoms with E-state index < -0.39 is 11.1 Å². The van der Waals surface area contributed by atoms with Crippen molar-refractivity contribution in [2.45, 2.75) is 20.5 Å². The molecule has 17 heavy (non-hydrogen) atoms. The van der Waals surface area contributed by atoms with Gasteiger partial charge in [-0.3, -0.25) is 9.78 Å². The molecule has 0 fully saturated rings. The molecule has 0 aliphatic carbocycles. The lowest BCUT2D eigenvalue weighted by molar-refractivity contribution is -0.763. The van der Waals surface area contributed by atoms with Gasteiger partial charge in [-0.2, -0.15) is 0 Å². The van der Waals surface area contributed by atoms with Crippen molar-refractivity contribution in [1.29, 1.82) is 0 Å². The zero-order valence-corrected chi connectivity index (χ0v) is 10.0. The van der Waals surface area contributed by atoms with E-state index in [0.717, 1.165) is 0 Å². The van der Waals surface area contributed by atoms with Crippen molar-refractivity contribution in [2.75, 3.05) is 0 Å². The minimum absolute atomic E-state index is 0. The summed E-state index contributed by atoms with van der Waals surface area (Å²) in [5.41, 5.74) is 0.866. The number of esters is 1. The van der Waals surface area contributed by atoms with Gasteiger partial charge in [0.25, 0.3) is 5.09 Å². The Morgan fingerprint density at radius 2 is 2.18 bits per heavy atom. The molecule has 0 saturated heterocycles. The number of carbonyl (C=O) groups is 1. The third kappa shape index (κ3) is 5.12. The van der Waals surface area contributed by atoms with Crippen LogP contribution in [0, 0.1) is 17.0 Å². The molecule has 0 bridgehead atoms. The monoisotopic (exact) mass is 262 g/mol. The summed E-state index contributed by atoms with van der Waals surface area (Å²) in [6.07, 6.45) is 0. The van der Waals surface area contributed by atoms with Crippen LogP contribution in [0.5, 0.6) is 5.75 Å². The summed E-state index contributed by atoms with van der Waals surface area (Å²) in [4.78, 5) is 28.8. The highest BCUT2D eigenvalue weighted by atomic mass is 35.5. The molecule has 1 aromatic heterocycles. The number of halogens is 1. The predicted molar refractivity (Wildman–Crippen MR) is 59.3 cm³/mol. The maximum Gasteiger partial charge on any atom is 0.308 e. The molecule has 0 N–H and O–H groups in total. The Hall–Kier alpha value is -1.89. The topological polar surface area (TPSA) is 91.6 Å². The molecule has 0 atom stereocenters. The van der Waals surface area contributed by atoms with Crippen LogP contribution >= 0.6 is 12.4 Å². The van der Waals surface area contributed by atoms with Crippen LogP contribution in [0.4, 0.5) is 0 Å². The van der Waals surface area contributed by atoms with E-state index >= 15 is 0 Å². The molecule has 0 radical (unpaired) electrons. The van der Waals surface area contributed by atoms with Crippen molar-refractivity contribution in [3.63, 3.8) is 0 Å². The number of hydrogen-bond donors (Lipinski definition) is 0. The summed E-state index contributed by atoms with van der Waals surface area (Å²) in [5, 5.41) is 9.06. The van der Waals surface area contributed by atoms with E-state index in [1.54, 1.807) is 6.92 Å². The van der Waals surface area contributed by atoms with Gasteiger partial charge in [-0.1, -0.05) is 0 Å². The third-order valence-corrected chi connectivity index (χ3v) is 1.67. The van der Waals surface area contributed by atoms with Crippen molar-refractivity contribution < 1.29 is 19.5 Å². The van der Waals surface area contributed by atoms with E-state index in [4.69, 9.17) is 4.74 Å². The van der Waals surface area contributed by atoms with Gasteiger partial charge in [-0.25, -0.2) is 0 Å². The number of aryl methyl sites for hydroxylation is 1. The molecular weight excluding hydrogens is 252 g/mol. The molecule has 94 valence electrons. The van der Waals surface area contributed by atoms with Gasteiger partial charge >= 0.3 is 5.97 Å². The first-order valence-electron chi connectivity index (χ1n) is 4.41. The fourth-order valence-electron chi connectivity index (χ4n) is 1.06. The van der Waals surface area contributed by atoms with Crippen LogP contribution in [-0.2, 0) is 16.2 Å². The highest BCUT2D eigenvalue weighted by molar-refractivity contribution is 5.85. The van der Waals surface area contributed by atoms with E-state index in [1.165, 1.54) is 19.1 Å². The second kappa shape index (κ2) is 6.64. The van der Waals surface area contributed by atoms with E-state index in [0.29, 0.717) is 17.1 Å². The SMILES string of the molecule is CC(=O)Oc1ccc(CO[N+](=O)[O-])nc1C.Cl. The van der Waals surface area contributed by atoms with Crippen LogP contribution in [0.25, 0.3) is 0 Å². The number of rotatable bonds is 4. The summed E-state index contributed by atoms with van der Waals surface area (Å²) in [7, 11) is 0. The maximum absolute atomic E-state index is 10.7. The van der Waals surface area contributed by atoms with E-state index in [1.807, 2.05) is 0 Å². The zero-order valence-electron chi connectivity index (χ0n) is 9.21. The Balaban J connectivity index is 0.00000256. The Kier molecular flexibility index (Phi) is 5.90. The highest BCUT2D eigenvalue weighted by Gasteiger charge is 2.06. The molecule has 0 aliphatic heterocycles. The van der Waals surface area contributed by atoms with Gasteiger partial charge in [0.05, 0.1) is 11.4 Å². The number of nitrogens with zero attached hydrogens (tertiary/aromatic N) is 2. The molecule has 1 aromatic rings. The molecule has 1 heterocycles. The fourth-order valence-corrected chi connectivity index (χ4v) is 1.06. The number of hydrogen-bond acceptors (Lipinski definition) is 6. The summed E-state index contributed by atoms with van der Waals surface area (Å²) in [6, 6.07) is 3.01. The molecule has 0 aliphatic rings. The van der Waals surface area contributed by atoms with E-state index in [9.17, 15) is 14.9 Å². The minimum Gasteiger partial charge on any atom is -0.425 e. The van der Waals surface area contributed by atoms with Crippen molar-refractivity contribution in [2.24, 2.45) is 0 Å². The van der Waals surface area contributed by atoms with Crippen molar-refractivity contribution in [3.05, 3.63) is 33.6 Å². The van der Waals surface area contributed by atoms with E-state index in [-0.39, 0.29) is 19.0 Å². The average molecular weight is 263 g/mol. The molecule has 0 spiro atoms. The van der Waals surface area contributed by atoms with Crippen LogP contribution in [-0.4, -0.2) is 16.0 Å². The van der Waals surface area contributed by atoms with E-state index in [2.05, 4.69) is 9.82 Å². The molecule has 0 aromatic carbocycles. The standard InChI is InChI=1S/C9H10N2O5.ClH/c1-6-9(16-7(2)12)4-3-8(10-6)5-15-11(13)14;/h3-4H,5H2,1-2H3;1H. The smallest absolute Gasteiger partial charge is 0.308 e. The number of carbonyl (C=O) groups excluding carboxylic acids is 1. The third-order valence-electron chi connectivity index (χ3n) is 1.67. The summed E-state index contributed by atoms with van der Waals surface area (Å²) in [6.45, 7) is 2.69. The normalized spacial score (nSPS) is 9.06. The molecular formula is C9H11ClN2O5. The minimum atomic E-state index is -0.892. The number of ether oxygens (including phenoxy) is 1. The highest BCUT2D eigenvalue weighted by Crippen LogP contribution is 2.16. The van der Waals surface area contributed by atoms with Gasteiger partial charge in [0, 0.05) is 6.92 Å². The Morgan fingerprint density at radius 3 is 2.65 bits per heavy atom. The average Bonchev–Trinajstić information content (AvgIpc) is 2.18. The van der Waals surface area contributed by atoms with Crippen LogP contribution < -0.4 is 4.74 Å². The lowest BCUT2D eigenvalue weighted by Crippen LogP contribution is -2.06. The van der Waals surface area contributed by atoms with Gasteiger partial charge in [-0.05, 0) is 19.1 Å². The first-order chi connectivity index (χ1) is 7.49. The second-order valence-electron chi connectivity index (χ2n) is 2.98. The van der Waals surface area contributed by atoms with Gasteiger partial charge in [0.1, 0.15) is 6.61 Å². The van der Waals surface area contributed by atoms with Crippen molar-refractivity contribution in [1.82, 2.24) is 4.98 Å². The molecule has 0 amide bonds. The van der Waals surface area contributed by atoms with Gasteiger partial charge in [0.2, 0.25) is 0 Å². The lowest BCUT2D eigenvalue weighted by atomic mass is 10.3. The Morgan fingerprint density at radius 1 is 1.53 bits per heavy atom. The molecule has 0 unspecified atom stereocenters. The molecule has 1 rings (SSSR count). The van der Waals surface area contributed by atoms with Crippen LogP contribution in [0.3, 0.4) is 0 Å². The zero-order chi connectivity index (χ0) is 12.1. The first kappa shape index (κ1) is 15.1. The Labute approximate surface area is 103 Å². The molecule has 0 saturated carbocycles. The summed E-state index contributed by atoms with van der Waals surface area (Å²) >= 11 is 0. The second-order valence-corrected chi connectivity index (χ2v) is 2.98. The van der Waals surface area contributed by atoms with Gasteiger partial charge in [0.15, 0.2) is 5.75 Å². The molecule has 7 nitrogen and oxygen atoms in total. The Bertz CT molecular complexity index is 424. The van der Waals surface area contributed by atoms with Crippen LogP contribution in [0.2, 0.25) is 0 Å². The molecule has 8 heteroatoms. The van der Waals surface area contributed by atoms with Crippen molar-refractivity contribution in [3.8, 4) is 5.75 Å². The first-order valence-corrected chi connectivity index (χ1v) is 4.41. The largest absolute Gasteiger partial charge is 0.425 e.